The van der Waals surface area contributed by atoms with Crippen LogP contribution < -0.4 is 5.32 Å². The Morgan fingerprint density at radius 1 is 1.30 bits per heavy atom. The number of rotatable bonds is 7. The number of urea groups is 1. The third-order valence-corrected chi connectivity index (χ3v) is 4.00. The van der Waals surface area contributed by atoms with Crippen LogP contribution in [0.2, 0.25) is 0 Å². The smallest absolute Gasteiger partial charge is 0.317 e. The second-order valence-electron chi connectivity index (χ2n) is 6.33. The van der Waals surface area contributed by atoms with Crippen molar-refractivity contribution in [1.29, 1.82) is 0 Å². The van der Waals surface area contributed by atoms with Gasteiger partial charge in [-0.25, -0.2) is 4.79 Å². The van der Waals surface area contributed by atoms with E-state index in [2.05, 4.69) is 19.2 Å². The number of hydrogen-bond donors (Lipinski definition) is 2. The SMILES string of the molecule is CC(C)CC(CNC(=O)N(C)C1CCCC1)CC(=O)O. The Hall–Kier alpha value is -1.26. The van der Waals surface area contributed by atoms with E-state index in [9.17, 15) is 9.59 Å². The molecule has 0 heterocycles. The van der Waals surface area contributed by atoms with Gasteiger partial charge in [0.2, 0.25) is 0 Å². The van der Waals surface area contributed by atoms with Gasteiger partial charge in [-0.1, -0.05) is 26.7 Å². The number of aliphatic carboxylic acids is 1. The summed E-state index contributed by atoms with van der Waals surface area (Å²) in [6.45, 7) is 4.59. The van der Waals surface area contributed by atoms with Gasteiger partial charge >= 0.3 is 12.0 Å². The number of carboxylic acid groups (broad SMARTS) is 1. The van der Waals surface area contributed by atoms with Crippen molar-refractivity contribution in [2.75, 3.05) is 13.6 Å². The average molecular weight is 284 g/mol. The molecule has 0 saturated heterocycles. The van der Waals surface area contributed by atoms with Crippen molar-refractivity contribution in [3.63, 3.8) is 0 Å². The Balaban J connectivity index is 2.40. The highest BCUT2D eigenvalue weighted by Crippen LogP contribution is 2.22. The lowest BCUT2D eigenvalue weighted by atomic mass is 9.94. The van der Waals surface area contributed by atoms with E-state index in [0.717, 1.165) is 19.3 Å². The van der Waals surface area contributed by atoms with Gasteiger partial charge in [-0.15, -0.1) is 0 Å². The first kappa shape index (κ1) is 16.8. The van der Waals surface area contributed by atoms with E-state index in [-0.39, 0.29) is 18.4 Å². The molecular formula is C15H28N2O3. The number of hydrogen-bond acceptors (Lipinski definition) is 2. The number of nitrogens with zero attached hydrogens (tertiary/aromatic N) is 1. The summed E-state index contributed by atoms with van der Waals surface area (Å²) in [6.07, 6.45) is 5.48. The molecule has 0 bridgehead atoms. The van der Waals surface area contributed by atoms with Gasteiger partial charge in [0.1, 0.15) is 0 Å². The number of amides is 2. The molecule has 1 aliphatic carbocycles. The number of nitrogens with one attached hydrogen (secondary N) is 1. The van der Waals surface area contributed by atoms with Crippen molar-refractivity contribution >= 4 is 12.0 Å². The molecule has 1 atom stereocenters. The van der Waals surface area contributed by atoms with Crippen molar-refractivity contribution in [1.82, 2.24) is 10.2 Å². The number of carbonyl (C=O) groups is 2. The van der Waals surface area contributed by atoms with Crippen molar-refractivity contribution in [3.8, 4) is 0 Å². The second-order valence-corrected chi connectivity index (χ2v) is 6.33. The zero-order valence-electron chi connectivity index (χ0n) is 12.9. The molecule has 0 aromatic rings. The predicted molar refractivity (Wildman–Crippen MR) is 78.6 cm³/mol. The molecule has 5 nitrogen and oxygen atoms in total. The zero-order chi connectivity index (χ0) is 15.1. The minimum atomic E-state index is -0.797. The summed E-state index contributed by atoms with van der Waals surface area (Å²) in [5.74, 6) is -0.355. The van der Waals surface area contributed by atoms with Gasteiger partial charge in [0.25, 0.3) is 0 Å². The summed E-state index contributed by atoms with van der Waals surface area (Å²) in [5, 5.41) is 11.8. The zero-order valence-corrected chi connectivity index (χ0v) is 12.9. The average Bonchev–Trinajstić information content (AvgIpc) is 2.87. The van der Waals surface area contributed by atoms with Gasteiger partial charge in [-0.2, -0.15) is 0 Å². The molecule has 2 amide bonds. The first-order valence-electron chi connectivity index (χ1n) is 7.62. The summed E-state index contributed by atoms with van der Waals surface area (Å²) >= 11 is 0. The number of carboxylic acids is 1. The van der Waals surface area contributed by atoms with Crippen LogP contribution in [0.5, 0.6) is 0 Å². The highest BCUT2D eigenvalue weighted by molar-refractivity contribution is 5.74. The lowest BCUT2D eigenvalue weighted by molar-refractivity contribution is -0.138. The molecule has 1 rings (SSSR count). The van der Waals surface area contributed by atoms with Crippen LogP contribution in [0.25, 0.3) is 0 Å². The van der Waals surface area contributed by atoms with Crippen LogP contribution in [0.3, 0.4) is 0 Å². The molecule has 0 radical (unpaired) electrons. The third kappa shape index (κ3) is 5.80. The molecule has 1 aliphatic rings. The highest BCUT2D eigenvalue weighted by atomic mass is 16.4. The Labute approximate surface area is 121 Å². The van der Waals surface area contributed by atoms with Crippen molar-refractivity contribution in [2.24, 2.45) is 11.8 Å². The van der Waals surface area contributed by atoms with E-state index in [1.807, 2.05) is 7.05 Å². The molecule has 1 fully saturated rings. The summed E-state index contributed by atoms with van der Waals surface area (Å²) < 4.78 is 0. The van der Waals surface area contributed by atoms with Gasteiger partial charge in [-0.05, 0) is 31.1 Å². The Morgan fingerprint density at radius 3 is 2.40 bits per heavy atom. The summed E-state index contributed by atoms with van der Waals surface area (Å²) in [6, 6.07) is 0.272. The normalized spacial score (nSPS) is 17.2. The fourth-order valence-corrected chi connectivity index (χ4v) is 2.97. The molecule has 0 aliphatic heterocycles. The van der Waals surface area contributed by atoms with Gasteiger partial charge in [0.05, 0.1) is 0 Å². The van der Waals surface area contributed by atoms with E-state index in [0.29, 0.717) is 18.5 Å². The highest BCUT2D eigenvalue weighted by Gasteiger charge is 2.24. The Morgan fingerprint density at radius 2 is 1.90 bits per heavy atom. The lowest BCUT2D eigenvalue weighted by Crippen LogP contribution is -2.44. The van der Waals surface area contributed by atoms with Gasteiger partial charge in [-0.3, -0.25) is 4.79 Å². The van der Waals surface area contributed by atoms with Crippen LogP contribution in [-0.2, 0) is 4.79 Å². The Kier molecular flexibility index (Phi) is 6.82. The minimum Gasteiger partial charge on any atom is -0.481 e. The van der Waals surface area contributed by atoms with E-state index in [1.54, 1.807) is 4.90 Å². The molecule has 1 unspecified atom stereocenters. The largest absolute Gasteiger partial charge is 0.481 e. The molecule has 0 aromatic carbocycles. The van der Waals surface area contributed by atoms with Crippen LogP contribution >= 0.6 is 0 Å². The lowest BCUT2D eigenvalue weighted by Gasteiger charge is -2.26. The maximum atomic E-state index is 12.1. The molecule has 116 valence electrons. The fraction of sp³-hybridized carbons (Fsp3) is 0.867. The predicted octanol–water partition coefficient (Wildman–Crippen LogP) is 2.71. The van der Waals surface area contributed by atoms with Crippen molar-refractivity contribution in [3.05, 3.63) is 0 Å². The summed E-state index contributed by atoms with van der Waals surface area (Å²) in [5.41, 5.74) is 0. The van der Waals surface area contributed by atoms with Crippen LogP contribution in [0.1, 0.15) is 52.4 Å². The van der Waals surface area contributed by atoms with Crippen LogP contribution in [0.4, 0.5) is 4.79 Å². The van der Waals surface area contributed by atoms with Crippen LogP contribution in [-0.4, -0.2) is 41.6 Å². The quantitative estimate of drug-likeness (QED) is 0.755. The number of carbonyl (C=O) groups excluding carboxylic acids is 1. The molecular weight excluding hydrogens is 256 g/mol. The maximum Gasteiger partial charge on any atom is 0.317 e. The topological polar surface area (TPSA) is 69.6 Å². The molecule has 0 spiro atoms. The summed E-state index contributed by atoms with van der Waals surface area (Å²) in [4.78, 5) is 24.7. The van der Waals surface area contributed by atoms with E-state index < -0.39 is 5.97 Å². The van der Waals surface area contributed by atoms with Crippen molar-refractivity contribution < 1.29 is 14.7 Å². The molecule has 0 aromatic heterocycles. The molecule has 5 heteroatoms. The van der Waals surface area contributed by atoms with E-state index >= 15 is 0 Å². The van der Waals surface area contributed by atoms with Crippen LogP contribution in [0, 0.1) is 11.8 Å². The summed E-state index contributed by atoms with van der Waals surface area (Å²) in [7, 11) is 1.83. The van der Waals surface area contributed by atoms with Crippen molar-refractivity contribution in [2.45, 2.75) is 58.4 Å². The van der Waals surface area contributed by atoms with E-state index in [1.165, 1.54) is 12.8 Å². The molecule has 20 heavy (non-hydrogen) atoms. The standard InChI is InChI=1S/C15H28N2O3/c1-11(2)8-12(9-14(18)19)10-16-15(20)17(3)13-6-4-5-7-13/h11-13H,4-10H2,1-3H3,(H,16,20)(H,18,19). The second kappa shape index (κ2) is 8.12. The minimum absolute atomic E-state index is 0.00780. The van der Waals surface area contributed by atoms with E-state index in [4.69, 9.17) is 5.11 Å². The first-order chi connectivity index (χ1) is 9.40. The Bertz CT molecular complexity index is 325. The van der Waals surface area contributed by atoms with Gasteiger partial charge in [0.15, 0.2) is 0 Å². The monoisotopic (exact) mass is 284 g/mol. The van der Waals surface area contributed by atoms with Crippen LogP contribution in [0.15, 0.2) is 0 Å². The molecule has 1 saturated carbocycles. The van der Waals surface area contributed by atoms with Gasteiger partial charge in [0, 0.05) is 26.1 Å². The third-order valence-electron chi connectivity index (χ3n) is 4.00. The molecule has 2 N–H and O–H groups in total. The maximum absolute atomic E-state index is 12.1. The fourth-order valence-electron chi connectivity index (χ4n) is 2.97. The first-order valence-corrected chi connectivity index (χ1v) is 7.62. The van der Waals surface area contributed by atoms with Gasteiger partial charge < -0.3 is 15.3 Å².